The van der Waals surface area contributed by atoms with Gasteiger partial charge in [0.25, 0.3) is 5.91 Å². The second kappa shape index (κ2) is 5.60. The molecule has 0 spiro atoms. The van der Waals surface area contributed by atoms with Crippen LogP contribution in [0, 0.1) is 5.82 Å². The molecule has 5 heteroatoms. The summed E-state index contributed by atoms with van der Waals surface area (Å²) in [6.45, 7) is 1.17. The molecule has 1 atom stereocenters. The smallest absolute Gasteiger partial charge is 0.255 e. The van der Waals surface area contributed by atoms with Crippen LogP contribution in [0.4, 0.5) is 4.39 Å². The van der Waals surface area contributed by atoms with Gasteiger partial charge in [-0.2, -0.15) is 0 Å². The summed E-state index contributed by atoms with van der Waals surface area (Å²) in [5, 5.41) is 2.69. The van der Waals surface area contributed by atoms with Crippen LogP contribution in [-0.2, 0) is 4.74 Å². The van der Waals surface area contributed by atoms with Crippen LogP contribution in [-0.4, -0.2) is 25.2 Å². The number of ether oxygens (including phenoxy) is 1. The van der Waals surface area contributed by atoms with E-state index in [-0.39, 0.29) is 11.7 Å². The predicted octanol–water partition coefficient (Wildman–Crippen LogP) is 2.50. The Morgan fingerprint density at radius 1 is 1.59 bits per heavy atom. The highest BCUT2D eigenvalue weighted by Crippen LogP contribution is 2.19. The molecule has 0 aromatic heterocycles. The molecule has 1 saturated heterocycles. The Hall–Kier alpha value is -0.940. The van der Waals surface area contributed by atoms with Crippen molar-refractivity contribution in [2.24, 2.45) is 0 Å². The summed E-state index contributed by atoms with van der Waals surface area (Å²) in [5.41, 5.74) is 0.0468. The molecule has 1 amide bonds. The van der Waals surface area contributed by atoms with Crippen molar-refractivity contribution in [3.8, 4) is 0 Å². The quantitative estimate of drug-likeness (QED) is 0.931. The lowest BCUT2D eigenvalue weighted by Crippen LogP contribution is -2.32. The van der Waals surface area contributed by atoms with Gasteiger partial charge in [-0.05, 0) is 40.9 Å². The van der Waals surface area contributed by atoms with E-state index in [2.05, 4.69) is 21.2 Å². The number of nitrogens with one attached hydrogen (secondary N) is 1. The summed E-state index contributed by atoms with van der Waals surface area (Å²) in [7, 11) is 0. The molecular formula is C12H13BrFNO2. The maximum atomic E-state index is 13.5. The van der Waals surface area contributed by atoms with Crippen LogP contribution in [0.2, 0.25) is 0 Å². The Morgan fingerprint density at radius 3 is 3.06 bits per heavy atom. The number of hydrogen-bond donors (Lipinski definition) is 1. The molecule has 2 rings (SSSR count). The third-order valence-electron chi connectivity index (χ3n) is 2.70. The summed E-state index contributed by atoms with van der Waals surface area (Å²) in [6.07, 6.45) is 2.02. The molecule has 1 aromatic rings. The first-order valence-electron chi connectivity index (χ1n) is 5.52. The fourth-order valence-corrected chi connectivity index (χ4v) is 2.34. The summed E-state index contributed by atoms with van der Waals surface area (Å²) in [4.78, 5) is 11.8. The van der Waals surface area contributed by atoms with Crippen molar-refractivity contribution in [1.82, 2.24) is 5.32 Å². The molecule has 0 saturated carbocycles. The highest BCUT2D eigenvalue weighted by molar-refractivity contribution is 9.10. The van der Waals surface area contributed by atoms with Crippen LogP contribution in [0.25, 0.3) is 0 Å². The Bertz CT molecular complexity index is 399. The van der Waals surface area contributed by atoms with Crippen LogP contribution in [0.1, 0.15) is 23.2 Å². The van der Waals surface area contributed by atoms with Gasteiger partial charge in [0.05, 0.1) is 11.7 Å². The highest BCUT2D eigenvalue weighted by Gasteiger charge is 2.19. The minimum atomic E-state index is -0.524. The molecule has 1 aromatic carbocycles. The second-order valence-electron chi connectivity index (χ2n) is 3.94. The third-order valence-corrected chi connectivity index (χ3v) is 3.36. The van der Waals surface area contributed by atoms with E-state index in [0.717, 1.165) is 19.4 Å². The molecule has 1 aliphatic heterocycles. The molecule has 92 valence electrons. The van der Waals surface area contributed by atoms with E-state index in [4.69, 9.17) is 4.74 Å². The Kier molecular flexibility index (Phi) is 4.12. The Balaban J connectivity index is 1.99. The van der Waals surface area contributed by atoms with Crippen LogP contribution in [0.3, 0.4) is 0 Å². The number of hydrogen-bond acceptors (Lipinski definition) is 2. The van der Waals surface area contributed by atoms with Crippen molar-refractivity contribution in [3.63, 3.8) is 0 Å². The van der Waals surface area contributed by atoms with Crippen molar-refractivity contribution >= 4 is 21.8 Å². The summed E-state index contributed by atoms with van der Waals surface area (Å²) >= 11 is 3.17. The topological polar surface area (TPSA) is 38.3 Å². The lowest BCUT2D eigenvalue weighted by Gasteiger charge is -2.11. The number of carbonyl (C=O) groups is 1. The zero-order valence-corrected chi connectivity index (χ0v) is 10.8. The first-order valence-corrected chi connectivity index (χ1v) is 6.31. The molecule has 0 bridgehead atoms. The average molecular weight is 302 g/mol. The minimum Gasteiger partial charge on any atom is -0.376 e. The SMILES string of the molecule is O=C(NCC1CCCO1)c1c(F)cccc1Br. The maximum absolute atomic E-state index is 13.5. The van der Waals surface area contributed by atoms with Gasteiger partial charge >= 0.3 is 0 Å². The Labute approximate surface area is 107 Å². The zero-order chi connectivity index (χ0) is 12.3. The molecule has 1 heterocycles. The summed E-state index contributed by atoms with van der Waals surface area (Å²) in [5.74, 6) is -0.935. The van der Waals surface area contributed by atoms with E-state index in [0.29, 0.717) is 11.0 Å². The van der Waals surface area contributed by atoms with Gasteiger partial charge in [-0.1, -0.05) is 6.07 Å². The van der Waals surface area contributed by atoms with Crippen molar-refractivity contribution in [3.05, 3.63) is 34.1 Å². The van der Waals surface area contributed by atoms with Gasteiger partial charge in [0.15, 0.2) is 0 Å². The van der Waals surface area contributed by atoms with Gasteiger partial charge in [-0.25, -0.2) is 4.39 Å². The number of amides is 1. The van der Waals surface area contributed by atoms with E-state index >= 15 is 0 Å². The van der Waals surface area contributed by atoms with E-state index in [1.54, 1.807) is 12.1 Å². The summed E-state index contributed by atoms with van der Waals surface area (Å²) < 4.78 is 19.3. The standard InChI is InChI=1S/C12H13BrFNO2/c13-9-4-1-5-10(14)11(9)12(16)15-7-8-3-2-6-17-8/h1,4-5,8H,2-3,6-7H2,(H,15,16). The lowest BCUT2D eigenvalue weighted by atomic mass is 10.2. The van der Waals surface area contributed by atoms with E-state index < -0.39 is 11.7 Å². The van der Waals surface area contributed by atoms with Crippen molar-refractivity contribution in [1.29, 1.82) is 0 Å². The van der Waals surface area contributed by atoms with Crippen LogP contribution in [0.5, 0.6) is 0 Å². The lowest BCUT2D eigenvalue weighted by molar-refractivity contribution is 0.0853. The molecule has 0 radical (unpaired) electrons. The zero-order valence-electron chi connectivity index (χ0n) is 9.21. The van der Waals surface area contributed by atoms with E-state index in [1.165, 1.54) is 6.07 Å². The van der Waals surface area contributed by atoms with Crippen molar-refractivity contribution < 1.29 is 13.9 Å². The molecule has 1 N–H and O–H groups in total. The van der Waals surface area contributed by atoms with Crippen molar-refractivity contribution in [2.75, 3.05) is 13.2 Å². The number of rotatable bonds is 3. The molecule has 0 aliphatic carbocycles. The monoisotopic (exact) mass is 301 g/mol. The number of halogens is 2. The number of benzene rings is 1. The molecule has 1 fully saturated rings. The van der Waals surface area contributed by atoms with Crippen LogP contribution < -0.4 is 5.32 Å². The normalized spacial score (nSPS) is 19.3. The van der Waals surface area contributed by atoms with E-state index in [9.17, 15) is 9.18 Å². The molecule has 17 heavy (non-hydrogen) atoms. The maximum Gasteiger partial charge on any atom is 0.255 e. The number of carbonyl (C=O) groups excluding carboxylic acids is 1. The van der Waals surface area contributed by atoms with E-state index in [1.807, 2.05) is 0 Å². The summed E-state index contributed by atoms with van der Waals surface area (Å²) in [6, 6.07) is 4.46. The fraction of sp³-hybridized carbons (Fsp3) is 0.417. The minimum absolute atomic E-state index is 0.0468. The largest absolute Gasteiger partial charge is 0.376 e. The van der Waals surface area contributed by atoms with Crippen molar-refractivity contribution in [2.45, 2.75) is 18.9 Å². The van der Waals surface area contributed by atoms with Gasteiger partial charge in [0.1, 0.15) is 5.82 Å². The highest BCUT2D eigenvalue weighted by atomic mass is 79.9. The van der Waals surface area contributed by atoms with Gasteiger partial charge in [-0.3, -0.25) is 4.79 Å². The van der Waals surface area contributed by atoms with Crippen LogP contribution in [0.15, 0.2) is 22.7 Å². The molecule has 1 aliphatic rings. The first-order chi connectivity index (χ1) is 8.18. The average Bonchev–Trinajstić information content (AvgIpc) is 2.79. The molecule has 1 unspecified atom stereocenters. The Morgan fingerprint density at radius 2 is 2.41 bits per heavy atom. The third kappa shape index (κ3) is 3.04. The van der Waals surface area contributed by atoms with Crippen LogP contribution >= 0.6 is 15.9 Å². The molecule has 3 nitrogen and oxygen atoms in total. The van der Waals surface area contributed by atoms with Gasteiger partial charge in [-0.15, -0.1) is 0 Å². The fourth-order valence-electron chi connectivity index (χ4n) is 1.81. The molecular weight excluding hydrogens is 289 g/mol. The second-order valence-corrected chi connectivity index (χ2v) is 4.80. The van der Waals surface area contributed by atoms with Gasteiger partial charge in [0.2, 0.25) is 0 Å². The predicted molar refractivity (Wildman–Crippen MR) is 65.4 cm³/mol. The van der Waals surface area contributed by atoms with Gasteiger partial charge in [0, 0.05) is 17.6 Å². The first kappa shape index (κ1) is 12.5. The van der Waals surface area contributed by atoms with Gasteiger partial charge < -0.3 is 10.1 Å².